The van der Waals surface area contributed by atoms with E-state index in [0.717, 1.165) is 0 Å². The Bertz CT molecular complexity index is 560. The minimum absolute atomic E-state index is 0.0531. The molecule has 0 spiro atoms. The molecule has 0 aliphatic rings. The van der Waals surface area contributed by atoms with Crippen molar-refractivity contribution in [3.63, 3.8) is 0 Å². The Hall–Kier alpha value is -2.35. The topological polar surface area (TPSA) is 91.5 Å². The van der Waals surface area contributed by atoms with Crippen LogP contribution < -0.4 is 14.2 Å². The third-order valence-electron chi connectivity index (χ3n) is 2.77. The molecule has 108 valence electrons. The predicted octanol–water partition coefficient (Wildman–Crippen LogP) is 0.358. The molecule has 8 heteroatoms. The van der Waals surface area contributed by atoms with Crippen LogP contribution in [0.1, 0.15) is 0 Å². The molecule has 0 aliphatic heterocycles. The van der Waals surface area contributed by atoms with E-state index in [9.17, 15) is 0 Å². The number of tetrazole rings is 1. The summed E-state index contributed by atoms with van der Waals surface area (Å²) in [6.07, 6.45) is 0. The second kappa shape index (κ2) is 6.20. The Balaban J connectivity index is 2.54. The Labute approximate surface area is 115 Å². The second-order valence-electron chi connectivity index (χ2n) is 3.86. The summed E-state index contributed by atoms with van der Waals surface area (Å²) in [5.74, 6) is 2.04. The average Bonchev–Trinajstić information content (AvgIpc) is 2.94. The number of hydrogen-bond acceptors (Lipinski definition) is 7. The van der Waals surface area contributed by atoms with Crippen molar-refractivity contribution in [1.82, 2.24) is 20.2 Å². The number of ether oxygens (including phenoxy) is 3. The van der Waals surface area contributed by atoms with E-state index in [4.69, 9.17) is 19.3 Å². The molecule has 0 unspecified atom stereocenters. The van der Waals surface area contributed by atoms with Gasteiger partial charge < -0.3 is 19.3 Å². The molecule has 0 fully saturated rings. The molecule has 20 heavy (non-hydrogen) atoms. The number of benzene rings is 1. The van der Waals surface area contributed by atoms with Crippen molar-refractivity contribution >= 4 is 0 Å². The van der Waals surface area contributed by atoms with Gasteiger partial charge in [0.25, 0.3) is 0 Å². The van der Waals surface area contributed by atoms with Gasteiger partial charge in [0.1, 0.15) is 0 Å². The van der Waals surface area contributed by atoms with Crippen LogP contribution in [-0.4, -0.2) is 53.3 Å². The van der Waals surface area contributed by atoms with Gasteiger partial charge >= 0.3 is 0 Å². The summed E-state index contributed by atoms with van der Waals surface area (Å²) >= 11 is 0. The smallest absolute Gasteiger partial charge is 0.203 e. The minimum Gasteiger partial charge on any atom is -0.493 e. The standard InChI is InChI=1S/C12H16N4O4/c1-18-9-6-8(7-10(19-2)11(9)20-3)12-13-14-15-16(12)4-5-17/h6-7,17H,4-5H2,1-3H3. The van der Waals surface area contributed by atoms with Crippen LogP contribution in [0.25, 0.3) is 11.4 Å². The maximum atomic E-state index is 9.01. The Morgan fingerprint density at radius 1 is 1.10 bits per heavy atom. The molecule has 0 atom stereocenters. The average molecular weight is 280 g/mol. The first-order chi connectivity index (χ1) is 9.74. The molecule has 1 heterocycles. The number of rotatable bonds is 6. The second-order valence-corrected chi connectivity index (χ2v) is 3.86. The zero-order valence-corrected chi connectivity index (χ0v) is 11.5. The Kier molecular flexibility index (Phi) is 4.36. The van der Waals surface area contributed by atoms with Crippen molar-refractivity contribution in [2.45, 2.75) is 6.54 Å². The first kappa shape index (κ1) is 14.1. The highest BCUT2D eigenvalue weighted by Gasteiger charge is 2.17. The van der Waals surface area contributed by atoms with E-state index in [2.05, 4.69) is 15.5 Å². The van der Waals surface area contributed by atoms with Gasteiger partial charge in [0.15, 0.2) is 17.3 Å². The highest BCUT2D eigenvalue weighted by Crippen LogP contribution is 2.40. The Morgan fingerprint density at radius 2 is 1.75 bits per heavy atom. The van der Waals surface area contributed by atoms with Gasteiger partial charge in [-0.2, -0.15) is 0 Å². The zero-order valence-electron chi connectivity index (χ0n) is 11.5. The molecular weight excluding hydrogens is 264 g/mol. The number of aliphatic hydroxyl groups excluding tert-OH is 1. The van der Waals surface area contributed by atoms with Crippen molar-refractivity contribution in [2.24, 2.45) is 0 Å². The van der Waals surface area contributed by atoms with Crippen LogP contribution in [0.2, 0.25) is 0 Å². The molecule has 0 bridgehead atoms. The monoisotopic (exact) mass is 280 g/mol. The lowest BCUT2D eigenvalue weighted by Crippen LogP contribution is -2.06. The van der Waals surface area contributed by atoms with Crippen molar-refractivity contribution in [3.8, 4) is 28.6 Å². The largest absolute Gasteiger partial charge is 0.493 e. The summed E-state index contributed by atoms with van der Waals surface area (Å²) in [4.78, 5) is 0. The molecule has 2 aromatic rings. The van der Waals surface area contributed by atoms with Crippen molar-refractivity contribution in [1.29, 1.82) is 0 Å². The molecular formula is C12H16N4O4. The highest BCUT2D eigenvalue weighted by atomic mass is 16.5. The van der Waals surface area contributed by atoms with Crippen molar-refractivity contribution < 1.29 is 19.3 Å². The van der Waals surface area contributed by atoms with Gasteiger partial charge in [0.2, 0.25) is 5.75 Å². The lowest BCUT2D eigenvalue weighted by atomic mass is 10.1. The lowest BCUT2D eigenvalue weighted by Gasteiger charge is -2.13. The summed E-state index contributed by atoms with van der Waals surface area (Å²) in [7, 11) is 4.62. The van der Waals surface area contributed by atoms with Crippen LogP contribution >= 0.6 is 0 Å². The van der Waals surface area contributed by atoms with E-state index in [-0.39, 0.29) is 6.61 Å². The fourth-order valence-corrected chi connectivity index (χ4v) is 1.87. The maximum Gasteiger partial charge on any atom is 0.203 e. The van der Waals surface area contributed by atoms with Crippen LogP contribution in [0.3, 0.4) is 0 Å². The van der Waals surface area contributed by atoms with Gasteiger partial charge in [-0.15, -0.1) is 5.10 Å². The fraction of sp³-hybridized carbons (Fsp3) is 0.417. The third kappa shape index (κ3) is 2.50. The number of hydrogen-bond donors (Lipinski definition) is 1. The quantitative estimate of drug-likeness (QED) is 0.816. The molecule has 2 rings (SSSR count). The fourth-order valence-electron chi connectivity index (χ4n) is 1.87. The predicted molar refractivity (Wildman–Crippen MR) is 70.0 cm³/mol. The van der Waals surface area contributed by atoms with E-state index in [0.29, 0.717) is 35.2 Å². The number of nitrogens with zero attached hydrogens (tertiary/aromatic N) is 4. The van der Waals surface area contributed by atoms with Gasteiger partial charge in [-0.05, 0) is 22.6 Å². The molecule has 8 nitrogen and oxygen atoms in total. The highest BCUT2D eigenvalue weighted by molar-refractivity contribution is 5.66. The van der Waals surface area contributed by atoms with Crippen molar-refractivity contribution in [2.75, 3.05) is 27.9 Å². The summed E-state index contributed by atoms with van der Waals surface area (Å²) < 4.78 is 17.3. The van der Waals surface area contributed by atoms with E-state index in [1.54, 1.807) is 12.1 Å². The minimum atomic E-state index is -0.0531. The Morgan fingerprint density at radius 3 is 2.25 bits per heavy atom. The number of aromatic nitrogens is 4. The molecule has 0 radical (unpaired) electrons. The van der Waals surface area contributed by atoms with Crippen LogP contribution in [0, 0.1) is 0 Å². The van der Waals surface area contributed by atoms with Crippen LogP contribution in [0.15, 0.2) is 12.1 Å². The molecule has 0 saturated heterocycles. The van der Waals surface area contributed by atoms with Crippen molar-refractivity contribution in [3.05, 3.63) is 12.1 Å². The molecule has 1 N–H and O–H groups in total. The molecule has 0 saturated carbocycles. The summed E-state index contributed by atoms with van der Waals surface area (Å²) in [6.45, 7) is 0.251. The van der Waals surface area contributed by atoms with Gasteiger partial charge in [0.05, 0.1) is 34.5 Å². The normalized spacial score (nSPS) is 10.4. The van der Waals surface area contributed by atoms with Gasteiger partial charge in [-0.3, -0.25) is 0 Å². The summed E-state index contributed by atoms with van der Waals surface area (Å²) in [5.41, 5.74) is 0.706. The van der Waals surface area contributed by atoms with Crippen LogP contribution in [-0.2, 0) is 6.54 Å². The summed E-state index contributed by atoms with van der Waals surface area (Å²) in [5, 5.41) is 20.4. The third-order valence-corrected chi connectivity index (χ3v) is 2.77. The van der Waals surface area contributed by atoms with E-state index >= 15 is 0 Å². The van der Waals surface area contributed by atoms with E-state index in [1.165, 1.54) is 26.0 Å². The molecule has 1 aromatic carbocycles. The number of methoxy groups -OCH3 is 3. The number of aliphatic hydroxyl groups is 1. The SMILES string of the molecule is COc1cc(-c2nnnn2CCO)cc(OC)c1OC. The summed E-state index contributed by atoms with van der Waals surface area (Å²) in [6, 6.07) is 3.50. The zero-order chi connectivity index (χ0) is 14.5. The maximum absolute atomic E-state index is 9.01. The van der Waals surface area contributed by atoms with Crippen LogP contribution in [0.5, 0.6) is 17.2 Å². The molecule has 1 aromatic heterocycles. The van der Waals surface area contributed by atoms with Gasteiger partial charge in [-0.25, -0.2) is 4.68 Å². The van der Waals surface area contributed by atoms with E-state index in [1.807, 2.05) is 0 Å². The van der Waals surface area contributed by atoms with Crippen LogP contribution in [0.4, 0.5) is 0 Å². The first-order valence-electron chi connectivity index (χ1n) is 5.92. The molecule has 0 amide bonds. The molecule has 0 aliphatic carbocycles. The first-order valence-corrected chi connectivity index (χ1v) is 5.92. The van der Waals surface area contributed by atoms with Gasteiger partial charge in [0, 0.05) is 5.56 Å². The van der Waals surface area contributed by atoms with E-state index < -0.39 is 0 Å². The lowest BCUT2D eigenvalue weighted by molar-refractivity contribution is 0.269. The van der Waals surface area contributed by atoms with Gasteiger partial charge in [-0.1, -0.05) is 0 Å².